The van der Waals surface area contributed by atoms with Gasteiger partial charge in [-0.2, -0.15) is 0 Å². The Kier molecular flexibility index (Phi) is 5.27. The van der Waals surface area contributed by atoms with Crippen molar-refractivity contribution < 1.29 is 9.84 Å². The number of aromatic hydroxyl groups is 1. The van der Waals surface area contributed by atoms with Crippen molar-refractivity contribution in [2.45, 2.75) is 6.61 Å². The van der Waals surface area contributed by atoms with Gasteiger partial charge in [-0.1, -0.05) is 66.2 Å². The van der Waals surface area contributed by atoms with Crippen LogP contribution in [-0.4, -0.2) is 10.1 Å². The highest BCUT2D eigenvalue weighted by Crippen LogP contribution is 2.26. The minimum atomic E-state index is 0.251. The highest BCUT2D eigenvalue weighted by atomic mass is 35.5. The summed E-state index contributed by atoms with van der Waals surface area (Å²) in [7, 11) is 0. The third kappa shape index (κ3) is 4.16. The molecule has 4 heteroatoms. The minimum absolute atomic E-state index is 0.251. The molecular formula is C24H18ClNO2. The van der Waals surface area contributed by atoms with Gasteiger partial charge in [-0.05, 0) is 42.0 Å². The molecular weight excluding hydrogens is 370 g/mol. The van der Waals surface area contributed by atoms with E-state index in [2.05, 4.69) is 0 Å². The summed E-state index contributed by atoms with van der Waals surface area (Å²) < 4.78 is 6.02. The molecule has 0 atom stereocenters. The fraction of sp³-hybridized carbons (Fsp3) is 0.0417. The second kappa shape index (κ2) is 8.15. The standard InChI is InChI=1S/C24H18ClNO2/c25-22-6-2-1-4-19(22)16-28-23-7-3-5-18-11-13-20(26-24(18)23)12-8-17-9-14-21(27)15-10-17/h1-15,27H,16H2/b12-8+. The maximum atomic E-state index is 9.38. The summed E-state index contributed by atoms with van der Waals surface area (Å²) in [5, 5.41) is 11.1. The van der Waals surface area contributed by atoms with Gasteiger partial charge in [-0.15, -0.1) is 0 Å². The molecule has 1 heterocycles. The van der Waals surface area contributed by atoms with Crippen LogP contribution in [0.3, 0.4) is 0 Å². The molecule has 0 unspecified atom stereocenters. The number of phenols is 1. The minimum Gasteiger partial charge on any atom is -0.508 e. The summed E-state index contributed by atoms with van der Waals surface area (Å²) in [6.45, 7) is 0.383. The van der Waals surface area contributed by atoms with Gasteiger partial charge in [0.05, 0.1) is 5.69 Å². The molecule has 0 radical (unpaired) electrons. The lowest BCUT2D eigenvalue weighted by Crippen LogP contribution is -1.98. The molecule has 4 rings (SSSR count). The lowest BCUT2D eigenvalue weighted by atomic mass is 10.1. The Labute approximate surface area is 168 Å². The summed E-state index contributed by atoms with van der Waals surface area (Å²) in [6, 6.07) is 24.6. The van der Waals surface area contributed by atoms with Crippen molar-refractivity contribution in [1.29, 1.82) is 0 Å². The molecule has 1 aromatic heterocycles. The monoisotopic (exact) mass is 387 g/mol. The topological polar surface area (TPSA) is 42.4 Å². The molecule has 0 saturated heterocycles. The zero-order chi connectivity index (χ0) is 19.3. The zero-order valence-electron chi connectivity index (χ0n) is 15.0. The predicted molar refractivity (Wildman–Crippen MR) is 115 cm³/mol. The van der Waals surface area contributed by atoms with Crippen molar-refractivity contribution in [3.05, 3.63) is 101 Å². The molecule has 0 saturated carbocycles. The Balaban J connectivity index is 1.60. The fourth-order valence-corrected chi connectivity index (χ4v) is 3.07. The number of para-hydroxylation sites is 1. The highest BCUT2D eigenvalue weighted by molar-refractivity contribution is 6.31. The number of fused-ring (bicyclic) bond motifs is 1. The SMILES string of the molecule is Oc1ccc(/C=C/c2ccc3cccc(OCc4ccccc4Cl)c3n2)cc1. The van der Waals surface area contributed by atoms with Gasteiger partial charge in [0.25, 0.3) is 0 Å². The van der Waals surface area contributed by atoms with Gasteiger partial charge in [0.1, 0.15) is 23.6 Å². The molecule has 4 aromatic rings. The first kappa shape index (κ1) is 18.1. The van der Waals surface area contributed by atoms with Crippen molar-refractivity contribution in [2.24, 2.45) is 0 Å². The van der Waals surface area contributed by atoms with Crippen molar-refractivity contribution in [3.63, 3.8) is 0 Å². The summed E-state index contributed by atoms with van der Waals surface area (Å²) in [5.41, 5.74) is 3.56. The number of pyridine rings is 1. The van der Waals surface area contributed by atoms with Crippen LogP contribution in [0.5, 0.6) is 11.5 Å². The van der Waals surface area contributed by atoms with Crippen LogP contribution in [0.25, 0.3) is 23.1 Å². The van der Waals surface area contributed by atoms with Gasteiger partial charge in [-0.25, -0.2) is 4.98 Å². The van der Waals surface area contributed by atoms with Gasteiger partial charge in [0.2, 0.25) is 0 Å². The predicted octanol–water partition coefficient (Wildman–Crippen LogP) is 6.34. The van der Waals surface area contributed by atoms with Crippen molar-refractivity contribution >= 4 is 34.7 Å². The molecule has 0 aliphatic carbocycles. The van der Waals surface area contributed by atoms with Crippen LogP contribution in [0.2, 0.25) is 5.02 Å². The summed E-state index contributed by atoms with van der Waals surface area (Å²) in [6.07, 6.45) is 3.90. The van der Waals surface area contributed by atoms with E-state index in [0.717, 1.165) is 33.5 Å². The third-order valence-electron chi connectivity index (χ3n) is 4.39. The molecule has 0 bridgehead atoms. The second-order valence-corrected chi connectivity index (χ2v) is 6.78. The lowest BCUT2D eigenvalue weighted by molar-refractivity contribution is 0.309. The number of hydrogen-bond donors (Lipinski definition) is 1. The van der Waals surface area contributed by atoms with Gasteiger partial charge in [-0.3, -0.25) is 0 Å². The van der Waals surface area contributed by atoms with Crippen LogP contribution in [0.1, 0.15) is 16.8 Å². The van der Waals surface area contributed by atoms with Crippen LogP contribution in [0.15, 0.2) is 78.9 Å². The molecule has 0 amide bonds. The van der Waals surface area contributed by atoms with E-state index >= 15 is 0 Å². The first-order valence-corrected chi connectivity index (χ1v) is 9.30. The van der Waals surface area contributed by atoms with Gasteiger partial charge >= 0.3 is 0 Å². The molecule has 28 heavy (non-hydrogen) atoms. The molecule has 3 nitrogen and oxygen atoms in total. The van der Waals surface area contributed by atoms with E-state index in [-0.39, 0.29) is 5.75 Å². The number of benzene rings is 3. The molecule has 3 aromatic carbocycles. The van der Waals surface area contributed by atoms with E-state index in [0.29, 0.717) is 11.6 Å². The highest BCUT2D eigenvalue weighted by Gasteiger charge is 2.06. The first-order valence-electron chi connectivity index (χ1n) is 8.92. The number of rotatable bonds is 5. The molecule has 138 valence electrons. The van der Waals surface area contributed by atoms with Gasteiger partial charge < -0.3 is 9.84 Å². The average Bonchev–Trinajstić information content (AvgIpc) is 2.73. The number of halogens is 1. The summed E-state index contributed by atoms with van der Waals surface area (Å²) >= 11 is 6.22. The van der Waals surface area contributed by atoms with Crippen LogP contribution < -0.4 is 4.74 Å². The largest absolute Gasteiger partial charge is 0.508 e. The Hall–Kier alpha value is -3.30. The zero-order valence-corrected chi connectivity index (χ0v) is 15.8. The van der Waals surface area contributed by atoms with E-state index in [1.54, 1.807) is 12.1 Å². The normalized spacial score (nSPS) is 11.2. The Morgan fingerprint density at radius 1 is 0.857 bits per heavy atom. The van der Waals surface area contributed by atoms with E-state index in [1.807, 2.05) is 78.9 Å². The molecule has 1 N–H and O–H groups in total. The Bertz CT molecular complexity index is 1140. The lowest BCUT2D eigenvalue weighted by Gasteiger charge is -2.10. The number of ether oxygens (including phenoxy) is 1. The van der Waals surface area contributed by atoms with E-state index in [4.69, 9.17) is 21.3 Å². The smallest absolute Gasteiger partial charge is 0.146 e. The number of aromatic nitrogens is 1. The number of nitrogens with zero attached hydrogens (tertiary/aromatic N) is 1. The van der Waals surface area contributed by atoms with Crippen molar-refractivity contribution in [1.82, 2.24) is 4.98 Å². The first-order chi connectivity index (χ1) is 13.7. The molecule has 0 spiro atoms. The van der Waals surface area contributed by atoms with Gasteiger partial charge in [0, 0.05) is 16.0 Å². The summed E-state index contributed by atoms with van der Waals surface area (Å²) in [4.78, 5) is 4.75. The van der Waals surface area contributed by atoms with Crippen molar-refractivity contribution in [2.75, 3.05) is 0 Å². The summed E-state index contributed by atoms with van der Waals surface area (Å²) in [5.74, 6) is 0.971. The molecule has 0 aliphatic rings. The third-order valence-corrected chi connectivity index (χ3v) is 4.75. The van der Waals surface area contributed by atoms with Crippen LogP contribution in [-0.2, 0) is 6.61 Å². The Morgan fingerprint density at radius 3 is 2.50 bits per heavy atom. The quantitative estimate of drug-likeness (QED) is 0.434. The maximum Gasteiger partial charge on any atom is 0.146 e. The number of hydrogen-bond acceptors (Lipinski definition) is 3. The van der Waals surface area contributed by atoms with E-state index < -0.39 is 0 Å². The average molecular weight is 388 g/mol. The van der Waals surface area contributed by atoms with Crippen LogP contribution >= 0.6 is 11.6 Å². The van der Waals surface area contributed by atoms with E-state index in [1.165, 1.54) is 0 Å². The fourth-order valence-electron chi connectivity index (χ4n) is 2.88. The second-order valence-electron chi connectivity index (χ2n) is 6.37. The van der Waals surface area contributed by atoms with E-state index in [9.17, 15) is 5.11 Å². The molecule has 0 fully saturated rings. The van der Waals surface area contributed by atoms with Crippen LogP contribution in [0.4, 0.5) is 0 Å². The van der Waals surface area contributed by atoms with Crippen LogP contribution in [0, 0.1) is 0 Å². The Morgan fingerprint density at radius 2 is 1.68 bits per heavy atom. The van der Waals surface area contributed by atoms with Crippen molar-refractivity contribution in [3.8, 4) is 11.5 Å². The number of phenolic OH excluding ortho intramolecular Hbond substituents is 1. The van der Waals surface area contributed by atoms with Gasteiger partial charge in [0.15, 0.2) is 0 Å². The maximum absolute atomic E-state index is 9.38. The molecule has 0 aliphatic heterocycles.